The molecule has 1 N–H and O–H groups in total. The van der Waals surface area contributed by atoms with Gasteiger partial charge in [0.25, 0.3) is 5.91 Å². The molecule has 1 fully saturated rings. The number of hydrogen-bond donors (Lipinski definition) is 1. The van der Waals surface area contributed by atoms with Crippen molar-refractivity contribution in [3.8, 4) is 5.75 Å². The Balaban J connectivity index is 1.43. The minimum Gasteiger partial charge on any atom is -0.508 e. The molecule has 1 unspecified atom stereocenters. The number of nitrogens with zero attached hydrogens (tertiary/aromatic N) is 2. The zero-order valence-electron chi connectivity index (χ0n) is 14.6. The topological polar surface area (TPSA) is 60.9 Å². The Kier molecular flexibility index (Phi) is 4.37. The Morgan fingerprint density at radius 3 is 2.65 bits per heavy atom. The Bertz CT molecular complexity index is 834. The summed E-state index contributed by atoms with van der Waals surface area (Å²) in [5, 5.41) is 9.61. The van der Waals surface area contributed by atoms with Gasteiger partial charge in [-0.15, -0.1) is 0 Å². The van der Waals surface area contributed by atoms with Crippen molar-refractivity contribution < 1.29 is 14.7 Å². The van der Waals surface area contributed by atoms with Crippen LogP contribution in [0.1, 0.15) is 23.1 Å². The summed E-state index contributed by atoms with van der Waals surface area (Å²) in [6, 6.07) is 15.1. The van der Waals surface area contributed by atoms with Gasteiger partial charge in [-0.3, -0.25) is 9.69 Å². The van der Waals surface area contributed by atoms with Crippen LogP contribution in [0.2, 0.25) is 0 Å². The van der Waals surface area contributed by atoms with E-state index in [0.717, 1.165) is 36.0 Å². The van der Waals surface area contributed by atoms with Crippen LogP contribution in [0.4, 0.5) is 4.79 Å². The van der Waals surface area contributed by atoms with E-state index in [1.54, 1.807) is 17.0 Å². The largest absolute Gasteiger partial charge is 0.508 e. The second kappa shape index (κ2) is 6.83. The van der Waals surface area contributed by atoms with Gasteiger partial charge in [0, 0.05) is 12.6 Å². The number of aromatic hydroxyl groups is 1. The summed E-state index contributed by atoms with van der Waals surface area (Å²) in [5.74, 6) is 0.165. The molecule has 26 heavy (non-hydrogen) atoms. The van der Waals surface area contributed by atoms with E-state index >= 15 is 0 Å². The van der Waals surface area contributed by atoms with Crippen LogP contribution in [0.3, 0.4) is 0 Å². The van der Waals surface area contributed by atoms with Crippen molar-refractivity contribution in [2.45, 2.75) is 31.7 Å². The van der Waals surface area contributed by atoms with Crippen molar-refractivity contribution in [1.82, 2.24) is 9.80 Å². The minimum atomic E-state index is -0.168. The molecule has 5 nitrogen and oxygen atoms in total. The molecular weight excluding hydrogens is 328 g/mol. The molecule has 1 saturated heterocycles. The zero-order chi connectivity index (χ0) is 18.1. The molecule has 1 heterocycles. The normalized spacial score (nSPS) is 19.8. The fourth-order valence-corrected chi connectivity index (χ4v) is 3.95. The van der Waals surface area contributed by atoms with Crippen LogP contribution >= 0.6 is 0 Å². The number of hydrogen-bond acceptors (Lipinski definition) is 3. The quantitative estimate of drug-likeness (QED) is 0.863. The van der Waals surface area contributed by atoms with Gasteiger partial charge in [0.2, 0.25) is 0 Å². The fraction of sp³-hybridized carbons (Fsp3) is 0.333. The number of fused-ring (bicyclic) bond motifs is 1. The first-order valence-electron chi connectivity index (χ1n) is 9.07. The number of phenolic OH excluding ortho intramolecular Hbond substituents is 1. The maximum absolute atomic E-state index is 12.8. The number of amides is 3. The highest BCUT2D eigenvalue weighted by molar-refractivity contribution is 6.02. The van der Waals surface area contributed by atoms with Crippen LogP contribution in [0.5, 0.6) is 5.75 Å². The lowest BCUT2D eigenvalue weighted by Gasteiger charge is -2.31. The van der Waals surface area contributed by atoms with Gasteiger partial charge in [-0.05, 0) is 54.5 Å². The van der Waals surface area contributed by atoms with Gasteiger partial charge in [-0.1, -0.05) is 36.4 Å². The van der Waals surface area contributed by atoms with E-state index < -0.39 is 0 Å². The summed E-state index contributed by atoms with van der Waals surface area (Å²) in [7, 11) is 0. The first-order valence-corrected chi connectivity index (χ1v) is 9.07. The third-order valence-electron chi connectivity index (χ3n) is 5.34. The maximum Gasteiger partial charge on any atom is 0.327 e. The molecule has 5 heteroatoms. The lowest BCUT2D eigenvalue weighted by atomic mass is 9.87. The average molecular weight is 350 g/mol. The molecule has 134 valence electrons. The second-order valence-electron chi connectivity index (χ2n) is 7.05. The van der Waals surface area contributed by atoms with Crippen LogP contribution in [-0.4, -0.2) is 46.0 Å². The molecule has 1 atom stereocenters. The monoisotopic (exact) mass is 350 g/mol. The summed E-state index contributed by atoms with van der Waals surface area (Å²) in [4.78, 5) is 28.4. The zero-order valence-corrected chi connectivity index (χ0v) is 14.6. The van der Waals surface area contributed by atoms with Crippen molar-refractivity contribution in [2.75, 3.05) is 13.1 Å². The Hall–Kier alpha value is -2.82. The van der Waals surface area contributed by atoms with Gasteiger partial charge in [-0.2, -0.15) is 0 Å². The van der Waals surface area contributed by atoms with Gasteiger partial charge < -0.3 is 10.0 Å². The standard InChI is InChI=1S/C21H22N2O3/c24-19-9-7-16-12-18(8-6-17(16)13-19)23-20(25)14-22(21(23)26)11-10-15-4-2-1-3-5-15/h1-5,7,9,13,18,24H,6,8,10-12,14H2. The lowest BCUT2D eigenvalue weighted by Crippen LogP contribution is -2.44. The van der Waals surface area contributed by atoms with Crippen molar-refractivity contribution in [2.24, 2.45) is 0 Å². The second-order valence-corrected chi connectivity index (χ2v) is 7.05. The van der Waals surface area contributed by atoms with Crippen LogP contribution in [-0.2, 0) is 24.1 Å². The van der Waals surface area contributed by atoms with E-state index in [9.17, 15) is 14.7 Å². The minimum absolute atomic E-state index is 0.0891. The Morgan fingerprint density at radius 2 is 1.85 bits per heavy atom. The van der Waals surface area contributed by atoms with Crippen LogP contribution in [0.25, 0.3) is 0 Å². The van der Waals surface area contributed by atoms with Crippen LogP contribution in [0.15, 0.2) is 48.5 Å². The fourth-order valence-electron chi connectivity index (χ4n) is 3.95. The van der Waals surface area contributed by atoms with Crippen LogP contribution < -0.4 is 0 Å². The first-order chi connectivity index (χ1) is 12.6. The molecular formula is C21H22N2O3. The van der Waals surface area contributed by atoms with E-state index in [4.69, 9.17) is 0 Å². The van der Waals surface area contributed by atoms with Gasteiger partial charge in [0.15, 0.2) is 0 Å². The molecule has 2 aromatic carbocycles. The summed E-state index contributed by atoms with van der Waals surface area (Å²) >= 11 is 0. The van der Waals surface area contributed by atoms with Gasteiger partial charge in [-0.25, -0.2) is 4.79 Å². The molecule has 1 aliphatic heterocycles. The highest BCUT2D eigenvalue weighted by Crippen LogP contribution is 2.29. The summed E-state index contributed by atoms with van der Waals surface area (Å²) < 4.78 is 0. The number of imide groups is 1. The van der Waals surface area contributed by atoms with Crippen molar-refractivity contribution in [3.63, 3.8) is 0 Å². The van der Waals surface area contributed by atoms with E-state index in [2.05, 4.69) is 0 Å². The molecule has 0 radical (unpaired) electrons. The van der Waals surface area contributed by atoms with Gasteiger partial charge in [0.1, 0.15) is 12.3 Å². The highest BCUT2D eigenvalue weighted by Gasteiger charge is 2.41. The average Bonchev–Trinajstić information content (AvgIpc) is 2.94. The van der Waals surface area contributed by atoms with E-state index in [1.807, 2.05) is 36.4 Å². The highest BCUT2D eigenvalue weighted by atomic mass is 16.3. The van der Waals surface area contributed by atoms with E-state index in [-0.39, 0.29) is 30.3 Å². The molecule has 0 spiro atoms. The molecule has 0 aromatic heterocycles. The number of urea groups is 1. The summed E-state index contributed by atoms with van der Waals surface area (Å²) in [6.45, 7) is 0.729. The predicted molar refractivity (Wildman–Crippen MR) is 97.9 cm³/mol. The van der Waals surface area contributed by atoms with Crippen LogP contribution in [0, 0.1) is 0 Å². The van der Waals surface area contributed by atoms with Crippen molar-refractivity contribution in [3.05, 3.63) is 65.2 Å². The SMILES string of the molecule is O=C1CN(CCc2ccccc2)C(=O)N1C1CCc2cc(O)ccc2C1. The van der Waals surface area contributed by atoms with Gasteiger partial charge >= 0.3 is 6.03 Å². The number of carbonyl (C=O) groups is 2. The molecule has 0 bridgehead atoms. The molecule has 2 aliphatic rings. The maximum atomic E-state index is 12.8. The molecule has 2 aromatic rings. The third kappa shape index (κ3) is 3.17. The predicted octanol–water partition coefficient (Wildman–Crippen LogP) is 2.76. The number of benzene rings is 2. The molecule has 4 rings (SSSR count). The lowest BCUT2D eigenvalue weighted by molar-refractivity contribution is -0.127. The van der Waals surface area contributed by atoms with Crippen molar-refractivity contribution in [1.29, 1.82) is 0 Å². The molecule has 1 aliphatic carbocycles. The number of aryl methyl sites for hydroxylation is 1. The number of rotatable bonds is 4. The number of carbonyl (C=O) groups excluding carboxylic acids is 2. The Labute approximate surface area is 152 Å². The Morgan fingerprint density at radius 1 is 1.04 bits per heavy atom. The smallest absolute Gasteiger partial charge is 0.327 e. The first kappa shape index (κ1) is 16.6. The summed E-state index contributed by atoms with van der Waals surface area (Å²) in [6.07, 6.45) is 2.94. The van der Waals surface area contributed by atoms with E-state index in [1.165, 1.54) is 4.90 Å². The number of phenols is 1. The summed E-state index contributed by atoms with van der Waals surface area (Å²) in [5.41, 5.74) is 3.39. The third-order valence-corrected chi connectivity index (χ3v) is 5.34. The van der Waals surface area contributed by atoms with Crippen molar-refractivity contribution >= 4 is 11.9 Å². The van der Waals surface area contributed by atoms with E-state index in [0.29, 0.717) is 13.0 Å². The molecule has 0 saturated carbocycles. The molecule has 3 amide bonds. The van der Waals surface area contributed by atoms with Gasteiger partial charge in [0.05, 0.1) is 0 Å².